The van der Waals surface area contributed by atoms with Crippen molar-refractivity contribution in [3.8, 4) is 5.75 Å². The van der Waals surface area contributed by atoms with Crippen LogP contribution in [-0.4, -0.2) is 38.8 Å². The fourth-order valence-corrected chi connectivity index (χ4v) is 2.82. The number of nitrogens with one attached hydrogen (secondary N) is 2. The third-order valence-corrected chi connectivity index (χ3v) is 3.88. The first-order chi connectivity index (χ1) is 10.1. The van der Waals surface area contributed by atoms with Gasteiger partial charge in [0.1, 0.15) is 5.75 Å². The second-order valence-electron chi connectivity index (χ2n) is 5.04. The number of ether oxygens (including phenoxy) is 2. The SMILES string of the molecule is COCCNC(=O)C(C)NCc1cc(Br)cc2c1OCC2. The van der Waals surface area contributed by atoms with Gasteiger partial charge in [0.05, 0.1) is 19.3 Å². The molecule has 0 saturated carbocycles. The summed E-state index contributed by atoms with van der Waals surface area (Å²) in [6.45, 7) is 4.22. The van der Waals surface area contributed by atoms with Gasteiger partial charge in [0.2, 0.25) is 5.91 Å². The molecule has 0 bridgehead atoms. The predicted octanol–water partition coefficient (Wildman–Crippen LogP) is 1.62. The number of methoxy groups -OCH3 is 1. The molecule has 1 aromatic rings. The lowest BCUT2D eigenvalue weighted by Gasteiger charge is -2.15. The molecule has 0 radical (unpaired) electrons. The molecule has 1 atom stereocenters. The van der Waals surface area contributed by atoms with E-state index in [9.17, 15) is 4.79 Å². The van der Waals surface area contributed by atoms with Gasteiger partial charge in [0, 0.05) is 36.7 Å². The molecule has 1 heterocycles. The van der Waals surface area contributed by atoms with Crippen LogP contribution in [0.3, 0.4) is 0 Å². The van der Waals surface area contributed by atoms with E-state index < -0.39 is 0 Å². The van der Waals surface area contributed by atoms with Gasteiger partial charge in [-0.25, -0.2) is 0 Å². The molecule has 6 heteroatoms. The Labute approximate surface area is 133 Å². The molecule has 2 N–H and O–H groups in total. The summed E-state index contributed by atoms with van der Waals surface area (Å²) >= 11 is 3.52. The first-order valence-corrected chi connectivity index (χ1v) is 7.85. The van der Waals surface area contributed by atoms with Gasteiger partial charge >= 0.3 is 0 Å². The van der Waals surface area contributed by atoms with Crippen LogP contribution < -0.4 is 15.4 Å². The fraction of sp³-hybridized carbons (Fsp3) is 0.533. The van der Waals surface area contributed by atoms with E-state index in [2.05, 4.69) is 32.6 Å². The number of amides is 1. The predicted molar refractivity (Wildman–Crippen MR) is 84.5 cm³/mol. The largest absolute Gasteiger partial charge is 0.493 e. The van der Waals surface area contributed by atoms with Gasteiger partial charge in [0.25, 0.3) is 0 Å². The average molecular weight is 357 g/mol. The molecule has 0 aromatic heterocycles. The number of hydrogen-bond donors (Lipinski definition) is 2. The lowest BCUT2D eigenvalue weighted by molar-refractivity contribution is -0.122. The Morgan fingerprint density at radius 3 is 3.10 bits per heavy atom. The number of hydrogen-bond acceptors (Lipinski definition) is 4. The van der Waals surface area contributed by atoms with Gasteiger partial charge in [0.15, 0.2) is 0 Å². The van der Waals surface area contributed by atoms with Crippen molar-refractivity contribution in [1.29, 1.82) is 0 Å². The number of carbonyl (C=O) groups is 1. The molecule has 1 aliphatic heterocycles. The third-order valence-electron chi connectivity index (χ3n) is 3.42. The molecule has 1 aliphatic rings. The van der Waals surface area contributed by atoms with Crippen LogP contribution in [0, 0.1) is 0 Å². The first-order valence-electron chi connectivity index (χ1n) is 7.06. The number of fused-ring (bicyclic) bond motifs is 1. The quantitative estimate of drug-likeness (QED) is 0.729. The summed E-state index contributed by atoms with van der Waals surface area (Å²) in [7, 11) is 1.61. The number of carbonyl (C=O) groups excluding carboxylic acids is 1. The molecule has 1 aromatic carbocycles. The number of rotatable bonds is 7. The number of halogens is 1. The molecule has 21 heavy (non-hydrogen) atoms. The molecular weight excluding hydrogens is 336 g/mol. The summed E-state index contributed by atoms with van der Waals surface area (Å²) in [6.07, 6.45) is 0.939. The van der Waals surface area contributed by atoms with E-state index in [1.54, 1.807) is 7.11 Å². The van der Waals surface area contributed by atoms with E-state index in [1.807, 2.05) is 13.0 Å². The maximum absolute atomic E-state index is 11.9. The minimum atomic E-state index is -0.266. The monoisotopic (exact) mass is 356 g/mol. The van der Waals surface area contributed by atoms with Gasteiger partial charge in [-0.2, -0.15) is 0 Å². The van der Waals surface area contributed by atoms with E-state index in [-0.39, 0.29) is 11.9 Å². The summed E-state index contributed by atoms with van der Waals surface area (Å²) in [5, 5.41) is 6.05. The lowest BCUT2D eigenvalue weighted by atomic mass is 10.1. The van der Waals surface area contributed by atoms with Crippen LogP contribution in [0.15, 0.2) is 16.6 Å². The smallest absolute Gasteiger partial charge is 0.236 e. The highest BCUT2D eigenvalue weighted by molar-refractivity contribution is 9.10. The van der Waals surface area contributed by atoms with E-state index in [1.165, 1.54) is 5.56 Å². The summed E-state index contributed by atoms with van der Waals surface area (Å²) < 4.78 is 11.6. The normalized spacial score (nSPS) is 14.4. The van der Waals surface area contributed by atoms with Crippen LogP contribution in [0.2, 0.25) is 0 Å². The lowest BCUT2D eigenvalue weighted by Crippen LogP contribution is -2.42. The van der Waals surface area contributed by atoms with E-state index >= 15 is 0 Å². The Hall–Kier alpha value is -1.11. The fourth-order valence-electron chi connectivity index (χ4n) is 2.26. The topological polar surface area (TPSA) is 59.6 Å². The van der Waals surface area contributed by atoms with Gasteiger partial charge in [-0.05, 0) is 24.6 Å². The molecule has 0 saturated heterocycles. The highest BCUT2D eigenvalue weighted by atomic mass is 79.9. The van der Waals surface area contributed by atoms with Gasteiger partial charge in [-0.3, -0.25) is 4.79 Å². The molecular formula is C15H21BrN2O3. The molecule has 0 spiro atoms. The van der Waals surface area contributed by atoms with Crippen LogP contribution >= 0.6 is 15.9 Å². The second kappa shape index (κ2) is 7.77. The standard InChI is InChI=1S/C15H21BrN2O3/c1-10(15(19)17-4-6-20-2)18-9-12-8-13(16)7-11-3-5-21-14(11)12/h7-8,10,18H,3-6,9H2,1-2H3,(H,17,19). The van der Waals surface area contributed by atoms with Crippen LogP contribution in [0.1, 0.15) is 18.1 Å². The Morgan fingerprint density at radius 2 is 2.33 bits per heavy atom. The molecule has 2 rings (SSSR count). The third kappa shape index (κ3) is 4.43. The van der Waals surface area contributed by atoms with Crippen molar-refractivity contribution >= 4 is 21.8 Å². The molecule has 0 fully saturated rings. The Morgan fingerprint density at radius 1 is 1.52 bits per heavy atom. The molecule has 0 aliphatic carbocycles. The van der Waals surface area contributed by atoms with Crippen molar-refractivity contribution in [2.45, 2.75) is 25.9 Å². The van der Waals surface area contributed by atoms with Crippen molar-refractivity contribution < 1.29 is 14.3 Å². The van der Waals surface area contributed by atoms with Crippen LogP contribution in [0.4, 0.5) is 0 Å². The Bertz CT molecular complexity index is 508. The zero-order valence-corrected chi connectivity index (χ0v) is 14.0. The van der Waals surface area contributed by atoms with Crippen molar-refractivity contribution in [3.05, 3.63) is 27.7 Å². The van der Waals surface area contributed by atoms with Crippen molar-refractivity contribution in [3.63, 3.8) is 0 Å². The minimum absolute atomic E-state index is 0.0281. The van der Waals surface area contributed by atoms with Crippen LogP contribution in [-0.2, 0) is 22.5 Å². The maximum atomic E-state index is 11.9. The van der Waals surface area contributed by atoms with E-state index in [0.29, 0.717) is 19.7 Å². The van der Waals surface area contributed by atoms with Gasteiger partial charge < -0.3 is 20.1 Å². The molecule has 1 unspecified atom stereocenters. The maximum Gasteiger partial charge on any atom is 0.236 e. The van der Waals surface area contributed by atoms with Crippen LogP contribution in [0.5, 0.6) is 5.75 Å². The van der Waals surface area contributed by atoms with Crippen molar-refractivity contribution in [2.24, 2.45) is 0 Å². The summed E-state index contributed by atoms with van der Waals surface area (Å²) in [5.41, 5.74) is 2.30. The Kier molecular flexibility index (Phi) is 6.02. The van der Waals surface area contributed by atoms with E-state index in [0.717, 1.165) is 28.8 Å². The highest BCUT2D eigenvalue weighted by Gasteiger charge is 2.19. The summed E-state index contributed by atoms with van der Waals surface area (Å²) in [4.78, 5) is 11.9. The molecule has 5 nitrogen and oxygen atoms in total. The average Bonchev–Trinajstić information content (AvgIpc) is 2.92. The highest BCUT2D eigenvalue weighted by Crippen LogP contribution is 2.32. The summed E-state index contributed by atoms with van der Waals surface area (Å²) in [6, 6.07) is 3.86. The van der Waals surface area contributed by atoms with Gasteiger partial charge in [-0.1, -0.05) is 15.9 Å². The zero-order valence-electron chi connectivity index (χ0n) is 12.4. The Balaban J connectivity index is 1.90. The zero-order chi connectivity index (χ0) is 15.2. The van der Waals surface area contributed by atoms with E-state index in [4.69, 9.17) is 9.47 Å². The van der Waals surface area contributed by atoms with Crippen LogP contribution in [0.25, 0.3) is 0 Å². The minimum Gasteiger partial charge on any atom is -0.493 e. The van der Waals surface area contributed by atoms with Crippen molar-refractivity contribution in [2.75, 3.05) is 26.9 Å². The number of benzene rings is 1. The molecule has 116 valence electrons. The van der Waals surface area contributed by atoms with Gasteiger partial charge in [-0.15, -0.1) is 0 Å². The summed E-state index contributed by atoms with van der Waals surface area (Å²) in [5.74, 6) is 0.928. The molecule has 1 amide bonds. The first kappa shape index (κ1) is 16.3. The van der Waals surface area contributed by atoms with Crippen molar-refractivity contribution in [1.82, 2.24) is 10.6 Å². The second-order valence-corrected chi connectivity index (χ2v) is 5.95.